The molecule has 0 amide bonds. The van der Waals surface area contributed by atoms with Crippen molar-refractivity contribution in [1.82, 2.24) is 15.0 Å². The summed E-state index contributed by atoms with van der Waals surface area (Å²) in [7, 11) is 0. The molecule has 3 aromatic rings. The fraction of sp³-hybridized carbons (Fsp3) is 0.607. The Labute approximate surface area is 222 Å². The van der Waals surface area contributed by atoms with E-state index >= 15 is 0 Å². The molecule has 0 unspecified atom stereocenters. The number of aromatic nitrogens is 3. The van der Waals surface area contributed by atoms with Crippen LogP contribution in [0.5, 0.6) is 5.88 Å². The third-order valence-corrected chi connectivity index (χ3v) is 7.66. The van der Waals surface area contributed by atoms with Crippen molar-refractivity contribution >= 4 is 22.7 Å². The molecule has 38 heavy (non-hydrogen) atoms. The molecule has 6 rings (SSSR count). The smallest absolute Gasteiger partial charge is 0.224 e. The molecule has 1 aliphatic heterocycles. The summed E-state index contributed by atoms with van der Waals surface area (Å²) in [4.78, 5) is 14.2. The Morgan fingerprint density at radius 1 is 1.08 bits per heavy atom. The van der Waals surface area contributed by atoms with E-state index in [1.165, 1.54) is 12.8 Å². The van der Waals surface area contributed by atoms with E-state index in [1.54, 1.807) is 0 Å². The van der Waals surface area contributed by atoms with Crippen LogP contribution in [0.4, 0.5) is 11.8 Å². The second-order valence-corrected chi connectivity index (χ2v) is 11.2. The lowest BCUT2D eigenvalue weighted by atomic mass is 10.1. The number of hydrogen-bond acceptors (Lipinski definition) is 10. The van der Waals surface area contributed by atoms with Crippen molar-refractivity contribution in [2.24, 2.45) is 11.8 Å². The van der Waals surface area contributed by atoms with Crippen LogP contribution in [0.15, 0.2) is 16.5 Å². The first-order valence-corrected chi connectivity index (χ1v) is 13.6. The van der Waals surface area contributed by atoms with Gasteiger partial charge < -0.3 is 34.4 Å². The zero-order valence-corrected chi connectivity index (χ0v) is 22.7. The van der Waals surface area contributed by atoms with Gasteiger partial charge in [-0.25, -0.2) is 9.97 Å². The number of nitrogens with zero attached hydrogens (tertiary/aromatic N) is 3. The van der Waals surface area contributed by atoms with Gasteiger partial charge in [0.1, 0.15) is 17.7 Å². The van der Waals surface area contributed by atoms with Gasteiger partial charge in [0.05, 0.1) is 35.7 Å². The van der Waals surface area contributed by atoms with Crippen molar-refractivity contribution in [3.63, 3.8) is 0 Å². The Hall–Kier alpha value is -2.95. The van der Waals surface area contributed by atoms with Crippen molar-refractivity contribution in [2.75, 3.05) is 30.4 Å². The predicted molar refractivity (Wildman–Crippen MR) is 143 cm³/mol. The van der Waals surface area contributed by atoms with Crippen LogP contribution >= 0.6 is 0 Å². The lowest BCUT2D eigenvalue weighted by Gasteiger charge is -2.25. The van der Waals surface area contributed by atoms with Crippen molar-refractivity contribution < 1.29 is 23.7 Å². The lowest BCUT2D eigenvalue weighted by Crippen LogP contribution is -2.35. The molecule has 0 aromatic carbocycles. The van der Waals surface area contributed by atoms with Crippen LogP contribution in [0.1, 0.15) is 51.4 Å². The summed E-state index contributed by atoms with van der Waals surface area (Å²) in [5.41, 5.74) is 3.06. The minimum absolute atomic E-state index is 0.0185. The van der Waals surface area contributed by atoms with Crippen LogP contribution in [-0.4, -0.2) is 63.9 Å². The summed E-state index contributed by atoms with van der Waals surface area (Å²) >= 11 is 0. The molecule has 4 atom stereocenters. The molecule has 1 saturated heterocycles. The van der Waals surface area contributed by atoms with Gasteiger partial charge in [-0.15, -0.1) is 0 Å². The maximum absolute atomic E-state index is 10.1. The molecule has 0 bridgehead atoms. The van der Waals surface area contributed by atoms with Crippen LogP contribution in [0.2, 0.25) is 0 Å². The molecule has 4 heterocycles. The number of nitrogens with one attached hydrogen (secondary N) is 2. The van der Waals surface area contributed by atoms with Crippen molar-refractivity contribution in [3.05, 3.63) is 23.5 Å². The van der Waals surface area contributed by atoms with E-state index in [4.69, 9.17) is 28.6 Å². The molecular weight excluding hydrogens is 486 g/mol. The standard InChI is InChI=1S/C28H37N5O5/c1-6-35-21-11-17-10-20(36-23(17)15(3)30-21)22-14(2)31-27(29-12-16-7-8-16)33-26(22)32-19-9-18(13-34)24-25(19)38-28(4,5)37-24/h10-11,16,18-19,24-25,34H,6-9,12-13H2,1-5H3,(H2,29,31,32,33)/t18-,19-,24-,25+/m1/s1. The van der Waals surface area contributed by atoms with E-state index in [2.05, 4.69) is 15.6 Å². The number of aliphatic hydroxyl groups excluding tert-OH is 1. The highest BCUT2D eigenvalue weighted by molar-refractivity contribution is 5.88. The van der Waals surface area contributed by atoms with E-state index < -0.39 is 5.79 Å². The third kappa shape index (κ3) is 4.81. The summed E-state index contributed by atoms with van der Waals surface area (Å²) in [5.74, 6) is 2.45. The number of ether oxygens (including phenoxy) is 3. The first kappa shape index (κ1) is 25.3. The van der Waals surface area contributed by atoms with E-state index in [9.17, 15) is 5.11 Å². The highest BCUT2D eigenvalue weighted by atomic mass is 16.8. The maximum atomic E-state index is 10.1. The average Bonchev–Trinajstić information content (AvgIpc) is 3.39. The summed E-state index contributed by atoms with van der Waals surface area (Å²) in [6.45, 7) is 11.1. The third-order valence-electron chi connectivity index (χ3n) is 7.66. The number of furan rings is 1. The molecule has 3 N–H and O–H groups in total. The number of aliphatic hydroxyl groups is 1. The first-order chi connectivity index (χ1) is 18.2. The largest absolute Gasteiger partial charge is 0.478 e. The van der Waals surface area contributed by atoms with Crippen LogP contribution in [0, 0.1) is 25.7 Å². The Kier molecular flexibility index (Phi) is 6.44. The van der Waals surface area contributed by atoms with E-state index in [-0.39, 0.29) is 30.8 Å². The van der Waals surface area contributed by atoms with Crippen molar-refractivity contribution in [1.29, 1.82) is 0 Å². The average molecular weight is 524 g/mol. The fourth-order valence-electron chi connectivity index (χ4n) is 5.71. The first-order valence-electron chi connectivity index (χ1n) is 13.6. The zero-order chi connectivity index (χ0) is 26.6. The summed E-state index contributed by atoms with van der Waals surface area (Å²) in [6, 6.07) is 3.79. The quantitative estimate of drug-likeness (QED) is 0.371. The molecule has 3 aliphatic rings. The molecule has 3 aromatic heterocycles. The van der Waals surface area contributed by atoms with Crippen LogP contribution in [0.25, 0.3) is 22.3 Å². The number of rotatable bonds is 9. The van der Waals surface area contributed by atoms with Gasteiger partial charge in [0.2, 0.25) is 11.8 Å². The summed E-state index contributed by atoms with van der Waals surface area (Å²) < 4.78 is 24.4. The summed E-state index contributed by atoms with van der Waals surface area (Å²) in [6.07, 6.45) is 2.81. The SMILES string of the molecule is CCOc1cc2cc(-c3c(C)nc(NCC4CC4)nc3N[C@@H]3C[C@H](CO)[C@H]4OC(C)(C)O[C@H]43)oc2c(C)n1. The highest BCUT2D eigenvalue weighted by Gasteiger charge is 2.54. The van der Waals surface area contributed by atoms with Gasteiger partial charge in [-0.1, -0.05) is 0 Å². The fourth-order valence-corrected chi connectivity index (χ4v) is 5.71. The minimum atomic E-state index is -0.702. The minimum Gasteiger partial charge on any atom is -0.478 e. The second-order valence-electron chi connectivity index (χ2n) is 11.2. The highest BCUT2D eigenvalue weighted by Crippen LogP contribution is 2.44. The van der Waals surface area contributed by atoms with Crippen molar-refractivity contribution in [3.8, 4) is 17.2 Å². The lowest BCUT2D eigenvalue weighted by molar-refractivity contribution is -0.158. The molecule has 2 aliphatic carbocycles. The van der Waals surface area contributed by atoms with Gasteiger partial charge in [0.15, 0.2) is 11.4 Å². The second kappa shape index (κ2) is 9.66. The molecule has 3 fully saturated rings. The zero-order valence-electron chi connectivity index (χ0n) is 22.7. The molecule has 0 radical (unpaired) electrons. The van der Waals surface area contributed by atoms with Gasteiger partial charge in [0, 0.05) is 30.5 Å². The number of aryl methyl sites for hydroxylation is 2. The Bertz CT molecular complexity index is 1340. The van der Waals surface area contributed by atoms with Gasteiger partial charge in [-0.3, -0.25) is 0 Å². The van der Waals surface area contributed by atoms with Gasteiger partial charge in [0.25, 0.3) is 0 Å². The Morgan fingerprint density at radius 3 is 2.61 bits per heavy atom. The molecule has 0 spiro atoms. The van der Waals surface area contributed by atoms with Gasteiger partial charge >= 0.3 is 0 Å². The monoisotopic (exact) mass is 523 g/mol. The van der Waals surface area contributed by atoms with E-state index in [0.29, 0.717) is 47.9 Å². The number of hydrogen-bond donors (Lipinski definition) is 3. The van der Waals surface area contributed by atoms with Crippen molar-refractivity contribution in [2.45, 2.75) is 77.9 Å². The molecule has 10 nitrogen and oxygen atoms in total. The van der Waals surface area contributed by atoms with Gasteiger partial charge in [-0.05, 0) is 65.9 Å². The van der Waals surface area contributed by atoms with Crippen LogP contribution < -0.4 is 15.4 Å². The number of fused-ring (bicyclic) bond motifs is 2. The molecule has 2 saturated carbocycles. The number of anilines is 2. The van der Waals surface area contributed by atoms with E-state index in [0.717, 1.165) is 28.9 Å². The molecular formula is C28H37N5O5. The van der Waals surface area contributed by atoms with E-state index in [1.807, 2.05) is 46.8 Å². The number of pyridine rings is 1. The van der Waals surface area contributed by atoms with Crippen LogP contribution in [-0.2, 0) is 9.47 Å². The predicted octanol–water partition coefficient (Wildman–Crippen LogP) is 4.44. The molecule has 204 valence electrons. The van der Waals surface area contributed by atoms with Gasteiger partial charge in [-0.2, -0.15) is 4.98 Å². The maximum Gasteiger partial charge on any atom is 0.224 e. The Morgan fingerprint density at radius 2 is 1.87 bits per heavy atom. The Balaban J connectivity index is 1.39. The topological polar surface area (TPSA) is 124 Å². The summed E-state index contributed by atoms with van der Waals surface area (Å²) in [5, 5.41) is 18.0. The molecule has 10 heteroatoms. The van der Waals surface area contributed by atoms with Crippen LogP contribution in [0.3, 0.4) is 0 Å². The normalized spacial score (nSPS) is 26.1.